The quantitative estimate of drug-likeness (QED) is 0.758. The van der Waals surface area contributed by atoms with Gasteiger partial charge >= 0.3 is 5.69 Å². The molecule has 1 fully saturated rings. The van der Waals surface area contributed by atoms with Gasteiger partial charge in [0.15, 0.2) is 5.65 Å². The first-order chi connectivity index (χ1) is 7.86. The van der Waals surface area contributed by atoms with Gasteiger partial charge in [-0.2, -0.15) is 0 Å². The van der Waals surface area contributed by atoms with Crippen molar-refractivity contribution in [1.29, 1.82) is 0 Å². The molecule has 0 radical (unpaired) electrons. The normalized spacial score (nSPS) is 18.0. The van der Waals surface area contributed by atoms with Crippen LogP contribution in [-0.2, 0) is 4.74 Å². The second-order valence-electron chi connectivity index (χ2n) is 3.90. The molecule has 0 unspecified atom stereocenters. The van der Waals surface area contributed by atoms with Gasteiger partial charge in [0.05, 0.1) is 6.20 Å². The fourth-order valence-corrected chi connectivity index (χ4v) is 2.16. The van der Waals surface area contributed by atoms with Crippen molar-refractivity contribution in [2.24, 2.45) is 0 Å². The highest BCUT2D eigenvalue weighted by molar-refractivity contribution is 5.68. The highest BCUT2D eigenvalue weighted by atomic mass is 16.5. The number of imidazole rings is 1. The van der Waals surface area contributed by atoms with Crippen LogP contribution >= 0.6 is 0 Å². The molecule has 6 nitrogen and oxygen atoms in total. The lowest BCUT2D eigenvalue weighted by Crippen LogP contribution is -2.27. The molecule has 0 aliphatic carbocycles. The molecular formula is C10H12N4O2. The van der Waals surface area contributed by atoms with Crippen LogP contribution in [0, 0.1) is 0 Å². The number of nitrogens with one attached hydrogen (secondary N) is 1. The summed E-state index contributed by atoms with van der Waals surface area (Å²) >= 11 is 0. The van der Waals surface area contributed by atoms with Crippen LogP contribution in [0.1, 0.15) is 18.9 Å². The summed E-state index contributed by atoms with van der Waals surface area (Å²) in [5.41, 5.74) is 1.27. The average molecular weight is 220 g/mol. The predicted octanol–water partition coefficient (Wildman–Crippen LogP) is 0.471. The first-order valence-corrected chi connectivity index (χ1v) is 5.34. The van der Waals surface area contributed by atoms with Gasteiger partial charge in [0.2, 0.25) is 0 Å². The molecule has 0 bridgehead atoms. The lowest BCUT2D eigenvalue weighted by molar-refractivity contribution is 0.0697. The summed E-state index contributed by atoms with van der Waals surface area (Å²) in [6.07, 6.45) is 4.80. The van der Waals surface area contributed by atoms with E-state index in [1.165, 1.54) is 6.33 Å². The first-order valence-electron chi connectivity index (χ1n) is 5.34. The molecule has 84 valence electrons. The van der Waals surface area contributed by atoms with Gasteiger partial charge in [-0.25, -0.2) is 14.8 Å². The number of aromatic amines is 1. The third-order valence-electron chi connectivity index (χ3n) is 2.94. The Morgan fingerprint density at radius 3 is 3.06 bits per heavy atom. The maximum Gasteiger partial charge on any atom is 0.327 e. The molecule has 0 amide bonds. The molecule has 0 atom stereocenters. The Kier molecular flexibility index (Phi) is 2.21. The van der Waals surface area contributed by atoms with E-state index in [9.17, 15) is 4.79 Å². The monoisotopic (exact) mass is 220 g/mol. The molecule has 3 rings (SSSR count). The van der Waals surface area contributed by atoms with Crippen molar-refractivity contribution in [1.82, 2.24) is 19.5 Å². The zero-order chi connectivity index (χ0) is 11.0. The Morgan fingerprint density at radius 2 is 2.25 bits per heavy atom. The third-order valence-corrected chi connectivity index (χ3v) is 2.94. The topological polar surface area (TPSA) is 72.8 Å². The molecule has 2 aromatic rings. The maximum atomic E-state index is 11.8. The van der Waals surface area contributed by atoms with Crippen molar-refractivity contribution >= 4 is 11.2 Å². The molecule has 3 heterocycles. The highest BCUT2D eigenvalue weighted by Crippen LogP contribution is 2.21. The Labute approximate surface area is 91.3 Å². The van der Waals surface area contributed by atoms with E-state index in [1.54, 1.807) is 10.8 Å². The number of rotatable bonds is 1. The van der Waals surface area contributed by atoms with E-state index in [2.05, 4.69) is 15.0 Å². The number of aromatic nitrogens is 4. The van der Waals surface area contributed by atoms with E-state index in [0.717, 1.165) is 12.8 Å². The van der Waals surface area contributed by atoms with Crippen molar-refractivity contribution in [3.8, 4) is 0 Å². The summed E-state index contributed by atoms with van der Waals surface area (Å²) < 4.78 is 7.01. The first kappa shape index (κ1) is 9.53. The van der Waals surface area contributed by atoms with E-state index in [4.69, 9.17) is 4.74 Å². The lowest BCUT2D eigenvalue weighted by Gasteiger charge is -2.22. The zero-order valence-electron chi connectivity index (χ0n) is 8.72. The van der Waals surface area contributed by atoms with Crippen LogP contribution < -0.4 is 5.69 Å². The number of fused-ring (bicyclic) bond motifs is 1. The van der Waals surface area contributed by atoms with Crippen molar-refractivity contribution in [2.45, 2.75) is 18.9 Å². The largest absolute Gasteiger partial charge is 0.381 e. The molecule has 0 aromatic carbocycles. The molecule has 1 aliphatic rings. The Balaban J connectivity index is 2.14. The van der Waals surface area contributed by atoms with E-state index in [-0.39, 0.29) is 11.7 Å². The van der Waals surface area contributed by atoms with Gasteiger partial charge < -0.3 is 9.72 Å². The molecule has 16 heavy (non-hydrogen) atoms. The summed E-state index contributed by atoms with van der Waals surface area (Å²) in [5, 5.41) is 0. The van der Waals surface area contributed by atoms with Crippen LogP contribution in [-0.4, -0.2) is 32.7 Å². The van der Waals surface area contributed by atoms with Crippen LogP contribution in [0.5, 0.6) is 0 Å². The number of ether oxygens (including phenoxy) is 1. The third kappa shape index (κ3) is 1.42. The Morgan fingerprint density at radius 1 is 1.44 bits per heavy atom. The summed E-state index contributed by atoms with van der Waals surface area (Å²) in [5.74, 6) is 0. The van der Waals surface area contributed by atoms with Crippen molar-refractivity contribution in [3.05, 3.63) is 23.0 Å². The minimum atomic E-state index is -0.109. The number of nitrogens with zero attached hydrogens (tertiary/aromatic N) is 3. The molecule has 2 aromatic heterocycles. The van der Waals surface area contributed by atoms with Crippen molar-refractivity contribution in [3.63, 3.8) is 0 Å². The fraction of sp³-hybridized carbons (Fsp3) is 0.500. The van der Waals surface area contributed by atoms with Crippen molar-refractivity contribution < 1.29 is 4.74 Å². The van der Waals surface area contributed by atoms with Gasteiger partial charge in [-0.15, -0.1) is 0 Å². The van der Waals surface area contributed by atoms with E-state index in [1.807, 2.05) is 0 Å². The summed E-state index contributed by atoms with van der Waals surface area (Å²) in [6, 6.07) is 0.185. The smallest absolute Gasteiger partial charge is 0.327 e. The number of hydrogen-bond acceptors (Lipinski definition) is 4. The predicted molar refractivity (Wildman–Crippen MR) is 57.2 cm³/mol. The van der Waals surface area contributed by atoms with Crippen molar-refractivity contribution in [2.75, 3.05) is 13.2 Å². The van der Waals surface area contributed by atoms with E-state index >= 15 is 0 Å². The molecule has 0 saturated carbocycles. The van der Waals surface area contributed by atoms with Crippen LogP contribution in [0.15, 0.2) is 17.3 Å². The molecule has 0 spiro atoms. The molecular weight excluding hydrogens is 208 g/mol. The molecule has 1 N–H and O–H groups in total. The lowest BCUT2D eigenvalue weighted by atomic mass is 10.1. The zero-order valence-corrected chi connectivity index (χ0v) is 8.72. The van der Waals surface area contributed by atoms with Gasteiger partial charge in [-0.3, -0.25) is 4.57 Å². The highest BCUT2D eigenvalue weighted by Gasteiger charge is 2.20. The van der Waals surface area contributed by atoms with Gasteiger partial charge in [0.25, 0.3) is 0 Å². The Hall–Kier alpha value is -1.69. The average Bonchev–Trinajstić information content (AvgIpc) is 2.66. The van der Waals surface area contributed by atoms with E-state index in [0.29, 0.717) is 24.4 Å². The van der Waals surface area contributed by atoms with Gasteiger partial charge in [-0.1, -0.05) is 0 Å². The molecule has 1 aliphatic heterocycles. The van der Waals surface area contributed by atoms with Gasteiger partial charge in [0, 0.05) is 19.3 Å². The standard InChI is InChI=1S/C10H12N4O2/c15-10-13-8-5-11-6-12-9(8)14(10)7-1-3-16-4-2-7/h5-7H,1-4H2,(H,13,15). The number of hydrogen-bond donors (Lipinski definition) is 1. The summed E-state index contributed by atoms with van der Waals surface area (Å²) in [6.45, 7) is 1.41. The fourth-order valence-electron chi connectivity index (χ4n) is 2.16. The van der Waals surface area contributed by atoms with Crippen LogP contribution in [0.2, 0.25) is 0 Å². The maximum absolute atomic E-state index is 11.8. The summed E-state index contributed by atoms with van der Waals surface area (Å²) in [7, 11) is 0. The molecule has 1 saturated heterocycles. The van der Waals surface area contributed by atoms with Gasteiger partial charge in [0.1, 0.15) is 11.8 Å². The Bertz CT molecular complexity index is 553. The van der Waals surface area contributed by atoms with Crippen LogP contribution in [0.25, 0.3) is 11.2 Å². The van der Waals surface area contributed by atoms with Crippen LogP contribution in [0.3, 0.4) is 0 Å². The summed E-state index contributed by atoms with van der Waals surface area (Å²) in [4.78, 5) is 22.7. The number of H-pyrrole nitrogens is 1. The second-order valence-corrected chi connectivity index (χ2v) is 3.90. The minimum Gasteiger partial charge on any atom is -0.381 e. The second kappa shape index (κ2) is 3.71. The SMILES string of the molecule is O=c1[nH]c2cncnc2n1C1CCOCC1. The minimum absolute atomic E-state index is 0.109. The van der Waals surface area contributed by atoms with Gasteiger partial charge in [-0.05, 0) is 12.8 Å². The van der Waals surface area contributed by atoms with Crippen LogP contribution in [0.4, 0.5) is 0 Å². The van der Waals surface area contributed by atoms with E-state index < -0.39 is 0 Å². The molecule has 6 heteroatoms.